The lowest BCUT2D eigenvalue weighted by molar-refractivity contribution is 0.469. The monoisotopic (exact) mass is 220 g/mol. The molecule has 1 unspecified atom stereocenters. The fraction of sp³-hybridized carbons (Fsp3) is 0.667. The molecule has 1 aromatic rings. The molecule has 88 valence electrons. The lowest BCUT2D eigenvalue weighted by Gasteiger charge is -2.16. The van der Waals surface area contributed by atoms with Gasteiger partial charge in [0.25, 0.3) is 0 Å². The second kappa shape index (κ2) is 6.29. The minimum absolute atomic E-state index is 0.148. The first-order chi connectivity index (χ1) is 7.67. The molecule has 0 bridgehead atoms. The van der Waals surface area contributed by atoms with E-state index in [1.807, 2.05) is 20.0 Å². The average molecular weight is 220 g/mol. The van der Waals surface area contributed by atoms with Gasteiger partial charge < -0.3 is 4.57 Å². The fourth-order valence-electron chi connectivity index (χ4n) is 1.69. The highest BCUT2D eigenvalue weighted by molar-refractivity contribution is 4.98. The molecule has 1 heterocycles. The smallest absolute Gasteiger partial charge is 0.114 e. The molecule has 4 nitrogen and oxygen atoms in total. The highest BCUT2D eigenvalue weighted by Gasteiger charge is 2.11. The van der Waals surface area contributed by atoms with Gasteiger partial charge in [0.1, 0.15) is 11.9 Å². The van der Waals surface area contributed by atoms with Gasteiger partial charge in [0.15, 0.2) is 0 Å². The maximum atomic E-state index is 9.05. The van der Waals surface area contributed by atoms with Crippen LogP contribution >= 0.6 is 0 Å². The van der Waals surface area contributed by atoms with Crippen LogP contribution in [0.25, 0.3) is 0 Å². The summed E-state index contributed by atoms with van der Waals surface area (Å²) in [7, 11) is 0. The number of nitrogens with zero attached hydrogens (tertiary/aromatic N) is 3. The van der Waals surface area contributed by atoms with Gasteiger partial charge in [0.2, 0.25) is 0 Å². The van der Waals surface area contributed by atoms with Crippen LogP contribution in [0.5, 0.6) is 0 Å². The maximum Gasteiger partial charge on any atom is 0.114 e. The number of aryl methyl sites for hydroxylation is 1. The zero-order chi connectivity index (χ0) is 12.0. The van der Waals surface area contributed by atoms with Gasteiger partial charge in [-0.15, -0.1) is 0 Å². The van der Waals surface area contributed by atoms with Crippen molar-refractivity contribution < 1.29 is 0 Å². The molecule has 1 N–H and O–H groups in total. The Morgan fingerprint density at radius 3 is 2.88 bits per heavy atom. The molecule has 0 aliphatic carbocycles. The van der Waals surface area contributed by atoms with Crippen molar-refractivity contribution in [1.29, 1.82) is 5.26 Å². The summed E-state index contributed by atoms with van der Waals surface area (Å²) >= 11 is 0. The molecule has 0 saturated carbocycles. The van der Waals surface area contributed by atoms with Crippen molar-refractivity contribution in [2.24, 2.45) is 0 Å². The molecule has 1 rings (SSSR count). The van der Waals surface area contributed by atoms with Crippen LogP contribution in [0.15, 0.2) is 12.4 Å². The zero-order valence-corrected chi connectivity index (χ0v) is 10.3. The third-order valence-electron chi connectivity index (χ3n) is 2.34. The molecule has 0 aromatic carbocycles. The van der Waals surface area contributed by atoms with Gasteiger partial charge in [-0.2, -0.15) is 5.26 Å². The normalized spacial score (nSPS) is 12.7. The lowest BCUT2D eigenvalue weighted by atomic mass is 10.2. The highest BCUT2D eigenvalue weighted by atomic mass is 15.1. The van der Waals surface area contributed by atoms with Gasteiger partial charge >= 0.3 is 0 Å². The van der Waals surface area contributed by atoms with Crippen LogP contribution in [0.3, 0.4) is 0 Å². The Morgan fingerprint density at radius 1 is 1.56 bits per heavy atom. The predicted molar refractivity (Wildman–Crippen MR) is 63.9 cm³/mol. The van der Waals surface area contributed by atoms with Crippen LogP contribution in [-0.4, -0.2) is 21.6 Å². The van der Waals surface area contributed by atoms with E-state index in [4.69, 9.17) is 5.26 Å². The van der Waals surface area contributed by atoms with Gasteiger partial charge in [-0.1, -0.05) is 6.92 Å². The SMILES string of the molecule is CCCc1nccn1CC(C#N)NC(C)C. The number of imidazole rings is 1. The molecular weight excluding hydrogens is 200 g/mol. The van der Waals surface area contributed by atoms with E-state index in [9.17, 15) is 0 Å². The van der Waals surface area contributed by atoms with E-state index in [1.54, 1.807) is 6.20 Å². The van der Waals surface area contributed by atoms with E-state index < -0.39 is 0 Å². The van der Waals surface area contributed by atoms with E-state index in [0.717, 1.165) is 18.7 Å². The maximum absolute atomic E-state index is 9.05. The average Bonchev–Trinajstić information content (AvgIpc) is 2.65. The van der Waals surface area contributed by atoms with Crippen molar-refractivity contribution in [3.63, 3.8) is 0 Å². The van der Waals surface area contributed by atoms with E-state index in [-0.39, 0.29) is 6.04 Å². The number of rotatable bonds is 6. The largest absolute Gasteiger partial charge is 0.332 e. The van der Waals surface area contributed by atoms with E-state index in [0.29, 0.717) is 12.6 Å². The van der Waals surface area contributed by atoms with E-state index in [2.05, 4.69) is 27.9 Å². The number of aromatic nitrogens is 2. The fourth-order valence-corrected chi connectivity index (χ4v) is 1.69. The topological polar surface area (TPSA) is 53.6 Å². The van der Waals surface area contributed by atoms with Crippen LogP contribution in [0.1, 0.15) is 33.0 Å². The first-order valence-corrected chi connectivity index (χ1v) is 5.83. The summed E-state index contributed by atoms with van der Waals surface area (Å²) < 4.78 is 2.06. The van der Waals surface area contributed by atoms with Gasteiger partial charge in [0.05, 0.1) is 12.6 Å². The predicted octanol–water partition coefficient (Wildman–Crippen LogP) is 1.73. The summed E-state index contributed by atoms with van der Waals surface area (Å²) in [6.07, 6.45) is 5.78. The van der Waals surface area contributed by atoms with Gasteiger partial charge in [-0.25, -0.2) is 4.98 Å². The first kappa shape index (κ1) is 12.7. The van der Waals surface area contributed by atoms with Crippen LogP contribution in [0.4, 0.5) is 0 Å². The molecule has 1 atom stereocenters. The summed E-state index contributed by atoms with van der Waals surface area (Å²) in [5.41, 5.74) is 0. The standard InChI is InChI=1S/C12H20N4/c1-4-5-12-14-6-7-16(12)9-11(8-13)15-10(2)3/h6-7,10-11,15H,4-5,9H2,1-3H3. The number of hydrogen-bond donors (Lipinski definition) is 1. The molecule has 0 aliphatic rings. The molecule has 0 amide bonds. The summed E-state index contributed by atoms with van der Waals surface area (Å²) in [5.74, 6) is 1.06. The van der Waals surface area contributed by atoms with Crippen LogP contribution < -0.4 is 5.32 Å². The van der Waals surface area contributed by atoms with Crippen molar-refractivity contribution in [1.82, 2.24) is 14.9 Å². The van der Waals surface area contributed by atoms with Gasteiger partial charge in [0, 0.05) is 24.9 Å². The third kappa shape index (κ3) is 3.67. The van der Waals surface area contributed by atoms with Crippen LogP contribution in [-0.2, 0) is 13.0 Å². The van der Waals surface area contributed by atoms with E-state index in [1.165, 1.54) is 0 Å². The number of hydrogen-bond acceptors (Lipinski definition) is 3. The summed E-state index contributed by atoms with van der Waals surface area (Å²) in [5, 5.41) is 12.3. The van der Waals surface area contributed by atoms with Crippen molar-refractivity contribution >= 4 is 0 Å². The van der Waals surface area contributed by atoms with Gasteiger partial charge in [-0.3, -0.25) is 5.32 Å². The van der Waals surface area contributed by atoms with Crippen molar-refractivity contribution in [3.05, 3.63) is 18.2 Å². The first-order valence-electron chi connectivity index (χ1n) is 5.83. The molecule has 0 saturated heterocycles. The minimum atomic E-state index is -0.148. The lowest BCUT2D eigenvalue weighted by Crippen LogP contribution is -2.37. The minimum Gasteiger partial charge on any atom is -0.332 e. The molecule has 0 fully saturated rings. The highest BCUT2D eigenvalue weighted by Crippen LogP contribution is 2.03. The second-order valence-corrected chi connectivity index (χ2v) is 4.25. The Morgan fingerprint density at radius 2 is 2.31 bits per heavy atom. The molecule has 4 heteroatoms. The van der Waals surface area contributed by atoms with Crippen LogP contribution in [0.2, 0.25) is 0 Å². The quantitative estimate of drug-likeness (QED) is 0.794. The summed E-state index contributed by atoms with van der Waals surface area (Å²) in [6, 6.07) is 2.45. The molecular formula is C12H20N4. The summed E-state index contributed by atoms with van der Waals surface area (Å²) in [6.45, 7) is 6.90. The van der Waals surface area contributed by atoms with Crippen molar-refractivity contribution in [2.75, 3.05) is 0 Å². The molecule has 16 heavy (non-hydrogen) atoms. The second-order valence-electron chi connectivity index (χ2n) is 4.25. The Labute approximate surface area is 97.3 Å². The Kier molecular flexibility index (Phi) is 5.00. The van der Waals surface area contributed by atoms with E-state index >= 15 is 0 Å². The molecule has 0 spiro atoms. The molecule has 0 radical (unpaired) electrons. The Bertz CT molecular complexity index is 348. The van der Waals surface area contributed by atoms with Crippen LogP contribution in [0, 0.1) is 11.3 Å². The zero-order valence-electron chi connectivity index (χ0n) is 10.3. The molecule has 1 aromatic heterocycles. The van der Waals surface area contributed by atoms with Gasteiger partial charge in [-0.05, 0) is 20.3 Å². The number of nitriles is 1. The molecule has 0 aliphatic heterocycles. The Hall–Kier alpha value is -1.34. The van der Waals surface area contributed by atoms with Crippen molar-refractivity contribution in [3.8, 4) is 6.07 Å². The third-order valence-corrected chi connectivity index (χ3v) is 2.34. The number of nitrogens with one attached hydrogen (secondary N) is 1. The summed E-state index contributed by atoms with van der Waals surface area (Å²) in [4.78, 5) is 4.30. The Balaban J connectivity index is 2.63. The van der Waals surface area contributed by atoms with Crippen molar-refractivity contribution in [2.45, 2.75) is 52.2 Å².